The Morgan fingerprint density at radius 1 is 1.47 bits per heavy atom. The van der Waals surface area contributed by atoms with E-state index in [2.05, 4.69) is 5.32 Å². The molecule has 1 aliphatic carbocycles. The minimum Gasteiger partial charge on any atom is -0.352 e. The van der Waals surface area contributed by atoms with Crippen LogP contribution < -0.4 is 11.1 Å². The summed E-state index contributed by atoms with van der Waals surface area (Å²) in [6.45, 7) is 0.536. The second-order valence-corrected chi connectivity index (χ2v) is 6.32. The maximum atomic E-state index is 11.8. The predicted molar refractivity (Wildman–Crippen MR) is 80.5 cm³/mol. The number of hydrogen-bond donors (Lipinski definition) is 2. The van der Waals surface area contributed by atoms with E-state index in [0.29, 0.717) is 18.9 Å². The molecular formula is C14H19ClN2OS. The average Bonchev–Trinajstić information content (AvgIpc) is 3.22. The first-order valence-electron chi connectivity index (χ1n) is 6.57. The minimum atomic E-state index is 0.0851. The van der Waals surface area contributed by atoms with Crippen molar-refractivity contribution >= 4 is 29.3 Å². The van der Waals surface area contributed by atoms with E-state index < -0.39 is 0 Å². The SMILES string of the molecule is NCC(NC(=O)CCSc1ccccc1Cl)C1CC1. The first-order chi connectivity index (χ1) is 9.20. The highest BCUT2D eigenvalue weighted by Gasteiger charge is 2.30. The predicted octanol–water partition coefficient (Wildman–Crippen LogP) is 2.68. The summed E-state index contributed by atoms with van der Waals surface area (Å²) < 4.78 is 0. The quantitative estimate of drug-likeness (QED) is 0.761. The Labute approximate surface area is 123 Å². The molecule has 2 rings (SSSR count). The number of nitrogens with two attached hydrogens (primary N) is 1. The molecule has 104 valence electrons. The van der Waals surface area contributed by atoms with Crippen LogP contribution in [0.5, 0.6) is 0 Å². The fourth-order valence-electron chi connectivity index (χ4n) is 1.96. The fourth-order valence-corrected chi connectivity index (χ4v) is 3.15. The lowest BCUT2D eigenvalue weighted by molar-refractivity contribution is -0.121. The molecule has 0 bridgehead atoms. The van der Waals surface area contributed by atoms with Gasteiger partial charge in [-0.2, -0.15) is 0 Å². The van der Waals surface area contributed by atoms with Gasteiger partial charge in [0.2, 0.25) is 5.91 Å². The van der Waals surface area contributed by atoms with Crippen LogP contribution >= 0.6 is 23.4 Å². The van der Waals surface area contributed by atoms with Gasteiger partial charge in [0.15, 0.2) is 0 Å². The summed E-state index contributed by atoms with van der Waals surface area (Å²) in [5, 5.41) is 3.76. The van der Waals surface area contributed by atoms with Crippen LogP contribution in [-0.2, 0) is 4.79 Å². The minimum absolute atomic E-state index is 0.0851. The number of halogens is 1. The summed E-state index contributed by atoms with van der Waals surface area (Å²) in [5.74, 6) is 1.42. The highest BCUT2D eigenvalue weighted by atomic mass is 35.5. The van der Waals surface area contributed by atoms with Gasteiger partial charge in [0.05, 0.1) is 5.02 Å². The number of amides is 1. The number of nitrogens with one attached hydrogen (secondary N) is 1. The molecule has 5 heteroatoms. The third-order valence-electron chi connectivity index (χ3n) is 3.21. The summed E-state index contributed by atoms with van der Waals surface area (Å²) >= 11 is 7.67. The molecule has 0 heterocycles. The molecule has 3 nitrogen and oxygen atoms in total. The Morgan fingerprint density at radius 3 is 2.84 bits per heavy atom. The molecule has 1 fully saturated rings. The third kappa shape index (κ3) is 4.71. The molecule has 1 aromatic rings. The smallest absolute Gasteiger partial charge is 0.221 e. The average molecular weight is 299 g/mol. The van der Waals surface area contributed by atoms with Crippen LogP contribution in [0.2, 0.25) is 5.02 Å². The molecule has 19 heavy (non-hydrogen) atoms. The number of rotatable bonds is 7. The van der Waals surface area contributed by atoms with Crippen molar-refractivity contribution in [2.24, 2.45) is 11.7 Å². The second kappa shape index (κ2) is 7.17. The van der Waals surface area contributed by atoms with E-state index in [0.717, 1.165) is 15.7 Å². The molecular weight excluding hydrogens is 280 g/mol. The molecule has 0 aromatic heterocycles. The molecule has 0 saturated heterocycles. The lowest BCUT2D eigenvalue weighted by Gasteiger charge is -2.15. The van der Waals surface area contributed by atoms with Crippen LogP contribution in [0.15, 0.2) is 29.2 Å². The van der Waals surface area contributed by atoms with E-state index in [4.69, 9.17) is 17.3 Å². The third-order valence-corrected chi connectivity index (χ3v) is 4.73. The van der Waals surface area contributed by atoms with Gasteiger partial charge in [-0.05, 0) is 30.9 Å². The summed E-state index contributed by atoms with van der Waals surface area (Å²) in [5.41, 5.74) is 5.66. The van der Waals surface area contributed by atoms with Crippen molar-refractivity contribution in [1.29, 1.82) is 0 Å². The van der Waals surface area contributed by atoms with Gasteiger partial charge >= 0.3 is 0 Å². The molecule has 1 saturated carbocycles. The summed E-state index contributed by atoms with van der Waals surface area (Å²) in [6, 6.07) is 7.85. The van der Waals surface area contributed by atoms with Gasteiger partial charge in [-0.3, -0.25) is 4.79 Å². The molecule has 1 amide bonds. The number of hydrogen-bond acceptors (Lipinski definition) is 3. The van der Waals surface area contributed by atoms with Crippen molar-refractivity contribution in [3.8, 4) is 0 Å². The van der Waals surface area contributed by atoms with Gasteiger partial charge in [0, 0.05) is 29.7 Å². The van der Waals surface area contributed by atoms with E-state index in [9.17, 15) is 4.79 Å². The first-order valence-corrected chi connectivity index (χ1v) is 7.94. The molecule has 1 aromatic carbocycles. The Kier molecular flexibility index (Phi) is 5.55. The standard InChI is InChI=1S/C14H19ClN2OS/c15-11-3-1-2-4-13(11)19-8-7-14(18)17-12(9-16)10-5-6-10/h1-4,10,12H,5-9,16H2,(H,17,18). The van der Waals surface area contributed by atoms with Crippen LogP contribution in [-0.4, -0.2) is 24.2 Å². The fraction of sp³-hybridized carbons (Fsp3) is 0.500. The Morgan fingerprint density at radius 2 is 2.21 bits per heavy atom. The van der Waals surface area contributed by atoms with Crippen LogP contribution in [0, 0.1) is 5.92 Å². The van der Waals surface area contributed by atoms with Gasteiger partial charge in [0.1, 0.15) is 0 Å². The Balaban J connectivity index is 1.70. The zero-order chi connectivity index (χ0) is 13.7. The monoisotopic (exact) mass is 298 g/mol. The van der Waals surface area contributed by atoms with Crippen LogP contribution in [0.3, 0.4) is 0 Å². The molecule has 0 radical (unpaired) electrons. The van der Waals surface area contributed by atoms with E-state index in [-0.39, 0.29) is 11.9 Å². The zero-order valence-corrected chi connectivity index (χ0v) is 12.3. The topological polar surface area (TPSA) is 55.1 Å². The second-order valence-electron chi connectivity index (χ2n) is 4.78. The van der Waals surface area contributed by atoms with Gasteiger partial charge in [0.25, 0.3) is 0 Å². The molecule has 1 atom stereocenters. The van der Waals surface area contributed by atoms with Crippen LogP contribution in [0.4, 0.5) is 0 Å². The van der Waals surface area contributed by atoms with Crippen molar-refractivity contribution < 1.29 is 4.79 Å². The Hall–Kier alpha value is -0.710. The van der Waals surface area contributed by atoms with E-state index in [1.807, 2.05) is 24.3 Å². The van der Waals surface area contributed by atoms with E-state index >= 15 is 0 Å². The lowest BCUT2D eigenvalue weighted by Crippen LogP contribution is -2.41. The zero-order valence-electron chi connectivity index (χ0n) is 10.8. The maximum absolute atomic E-state index is 11.8. The molecule has 1 aliphatic rings. The molecule has 0 spiro atoms. The number of carbonyl (C=O) groups excluding carboxylic acids is 1. The van der Waals surface area contributed by atoms with Crippen molar-refractivity contribution in [3.63, 3.8) is 0 Å². The number of benzene rings is 1. The van der Waals surface area contributed by atoms with Crippen LogP contribution in [0.25, 0.3) is 0 Å². The molecule has 3 N–H and O–H groups in total. The van der Waals surface area contributed by atoms with Gasteiger partial charge < -0.3 is 11.1 Å². The summed E-state index contributed by atoms with van der Waals surface area (Å²) in [4.78, 5) is 12.8. The van der Waals surface area contributed by atoms with Crippen LogP contribution in [0.1, 0.15) is 19.3 Å². The lowest BCUT2D eigenvalue weighted by atomic mass is 10.2. The number of thioether (sulfide) groups is 1. The normalized spacial score (nSPS) is 16.1. The van der Waals surface area contributed by atoms with Crippen molar-refractivity contribution in [2.45, 2.75) is 30.2 Å². The van der Waals surface area contributed by atoms with Crippen molar-refractivity contribution in [1.82, 2.24) is 5.32 Å². The Bertz CT molecular complexity index is 437. The first kappa shape index (κ1) is 14.7. The summed E-state index contributed by atoms with van der Waals surface area (Å²) in [6.07, 6.45) is 2.88. The molecule has 0 aliphatic heterocycles. The van der Waals surface area contributed by atoms with Gasteiger partial charge in [-0.1, -0.05) is 23.7 Å². The number of carbonyl (C=O) groups is 1. The molecule has 1 unspecified atom stereocenters. The highest BCUT2D eigenvalue weighted by molar-refractivity contribution is 7.99. The van der Waals surface area contributed by atoms with E-state index in [1.165, 1.54) is 12.8 Å². The maximum Gasteiger partial charge on any atom is 0.221 e. The van der Waals surface area contributed by atoms with Gasteiger partial charge in [-0.15, -0.1) is 11.8 Å². The van der Waals surface area contributed by atoms with Crippen molar-refractivity contribution in [2.75, 3.05) is 12.3 Å². The largest absolute Gasteiger partial charge is 0.352 e. The van der Waals surface area contributed by atoms with Crippen molar-refractivity contribution in [3.05, 3.63) is 29.3 Å². The highest BCUT2D eigenvalue weighted by Crippen LogP contribution is 2.32. The van der Waals surface area contributed by atoms with E-state index in [1.54, 1.807) is 11.8 Å². The van der Waals surface area contributed by atoms with Gasteiger partial charge in [-0.25, -0.2) is 0 Å². The summed E-state index contributed by atoms with van der Waals surface area (Å²) in [7, 11) is 0.